The number of urea groups is 1. The Hall–Kier alpha value is -4.55. The van der Waals surface area contributed by atoms with Crippen LogP contribution in [0.2, 0.25) is 0 Å². The van der Waals surface area contributed by atoms with Gasteiger partial charge in [-0.1, -0.05) is 18.2 Å². The Bertz CT molecular complexity index is 1820. The van der Waals surface area contributed by atoms with Crippen LogP contribution in [0, 0.1) is 23.2 Å². The summed E-state index contributed by atoms with van der Waals surface area (Å²) >= 11 is 0.912. The monoisotopic (exact) mass is 606 g/mol. The van der Waals surface area contributed by atoms with Gasteiger partial charge in [0.2, 0.25) is 5.13 Å². The summed E-state index contributed by atoms with van der Waals surface area (Å²) in [5, 5.41) is 13.4. The van der Waals surface area contributed by atoms with Crippen LogP contribution in [0.4, 0.5) is 15.6 Å². The number of nitriles is 1. The Balaban J connectivity index is 1.18. The van der Waals surface area contributed by atoms with Crippen LogP contribution in [0.3, 0.4) is 0 Å². The van der Waals surface area contributed by atoms with Gasteiger partial charge in [-0.25, -0.2) is 27.0 Å². The lowest BCUT2D eigenvalue weighted by atomic mass is 10.0. The minimum atomic E-state index is -3.88. The third-order valence-corrected chi connectivity index (χ3v) is 10.3. The van der Waals surface area contributed by atoms with Crippen LogP contribution >= 0.6 is 11.5 Å². The zero-order chi connectivity index (χ0) is 29.6. The summed E-state index contributed by atoms with van der Waals surface area (Å²) in [5.41, 5.74) is 1.26. The predicted molar refractivity (Wildman–Crippen MR) is 154 cm³/mol. The van der Waals surface area contributed by atoms with E-state index in [0.29, 0.717) is 29.7 Å². The molecule has 1 saturated carbocycles. The average Bonchev–Trinajstić information content (AvgIpc) is 3.79. The standard InChI is InChI=1S/C27H26N8O5S2/c1-33(19-10-16-14-34(15-17(16)11-19)27(37)31-26-30-23(32-41-26)25(36)40-2)22-18(12-28)13-29-24-21(22)8-9-35(24)42(38,39)20-6-4-3-5-7-20/h3-9,13,16-17,19H,10-11,14-15H2,1-2H3,(H,30,31,32,37)/t16-,17?,19+/m1/s1. The van der Waals surface area contributed by atoms with Crippen molar-refractivity contribution >= 4 is 55.4 Å². The predicted octanol–water partition coefficient (Wildman–Crippen LogP) is 3.16. The molecule has 4 aromatic rings. The Labute approximate surface area is 245 Å². The SMILES string of the molecule is COC(=O)c1nsc(NC(=O)N2CC3C[C@@H](N(C)c4c(C#N)cnc5c4ccn5S(=O)(=O)c4ccccc4)C[C@@H]3C2)n1. The second-order valence-corrected chi connectivity index (χ2v) is 12.9. The van der Waals surface area contributed by atoms with E-state index in [1.807, 2.05) is 7.05 Å². The lowest BCUT2D eigenvalue weighted by molar-refractivity contribution is 0.0588. The highest BCUT2D eigenvalue weighted by molar-refractivity contribution is 7.90. The molecular formula is C27H26N8O5S2. The second-order valence-electron chi connectivity index (χ2n) is 10.3. The second kappa shape index (κ2) is 10.7. The number of benzene rings is 1. The van der Waals surface area contributed by atoms with Gasteiger partial charge in [0.15, 0.2) is 5.65 Å². The highest BCUT2D eigenvalue weighted by atomic mass is 32.2. The maximum atomic E-state index is 13.4. The van der Waals surface area contributed by atoms with Crippen LogP contribution in [-0.4, -0.2) is 76.9 Å². The van der Waals surface area contributed by atoms with Gasteiger partial charge in [-0.3, -0.25) is 5.32 Å². The molecule has 2 fully saturated rings. The van der Waals surface area contributed by atoms with Crippen LogP contribution in [-0.2, 0) is 14.8 Å². The summed E-state index contributed by atoms with van der Waals surface area (Å²) in [6.07, 6.45) is 4.50. The molecule has 15 heteroatoms. The van der Waals surface area contributed by atoms with E-state index in [-0.39, 0.29) is 45.4 Å². The molecule has 4 heterocycles. The first kappa shape index (κ1) is 27.6. The first-order chi connectivity index (χ1) is 20.2. The molecule has 13 nitrogen and oxygen atoms in total. The van der Waals surface area contributed by atoms with Gasteiger partial charge in [0.1, 0.15) is 6.07 Å². The first-order valence-corrected chi connectivity index (χ1v) is 15.3. The number of carbonyl (C=O) groups excluding carboxylic acids is 2. The summed E-state index contributed by atoms with van der Waals surface area (Å²) in [6.45, 7) is 1.12. The van der Waals surface area contributed by atoms with E-state index in [0.717, 1.165) is 28.3 Å². The van der Waals surface area contributed by atoms with Crippen molar-refractivity contribution in [3.05, 3.63) is 60.2 Å². The number of pyridine rings is 1. The molecule has 2 aliphatic rings. The molecule has 216 valence electrons. The number of ether oxygens (including phenoxy) is 1. The normalized spacial score (nSPS) is 19.8. The fourth-order valence-corrected chi connectivity index (χ4v) is 7.83. The molecule has 6 rings (SSSR count). The molecule has 42 heavy (non-hydrogen) atoms. The average molecular weight is 607 g/mol. The van der Waals surface area contributed by atoms with Crippen molar-refractivity contribution < 1.29 is 22.7 Å². The Morgan fingerprint density at radius 2 is 1.88 bits per heavy atom. The van der Waals surface area contributed by atoms with Crippen molar-refractivity contribution in [2.45, 2.75) is 23.8 Å². The van der Waals surface area contributed by atoms with Gasteiger partial charge < -0.3 is 14.5 Å². The number of aromatic nitrogens is 4. The van der Waals surface area contributed by atoms with Crippen molar-refractivity contribution in [3.8, 4) is 6.07 Å². The number of esters is 1. The lowest BCUT2D eigenvalue weighted by Gasteiger charge is -2.29. The highest BCUT2D eigenvalue weighted by Gasteiger charge is 2.44. The fourth-order valence-electron chi connectivity index (χ4n) is 5.96. The molecule has 0 bridgehead atoms. The summed E-state index contributed by atoms with van der Waals surface area (Å²) in [5.74, 6) is -0.252. The molecule has 0 radical (unpaired) electrons. The number of nitrogens with zero attached hydrogens (tertiary/aromatic N) is 7. The number of rotatable bonds is 6. The topological polar surface area (TPSA) is 163 Å². The van der Waals surface area contributed by atoms with E-state index >= 15 is 0 Å². The largest absolute Gasteiger partial charge is 0.463 e. The van der Waals surface area contributed by atoms with E-state index in [4.69, 9.17) is 0 Å². The quantitative estimate of drug-likeness (QED) is 0.323. The van der Waals surface area contributed by atoms with Gasteiger partial charge in [-0.15, -0.1) is 0 Å². The zero-order valence-electron chi connectivity index (χ0n) is 22.7. The van der Waals surface area contributed by atoms with Crippen LogP contribution in [0.1, 0.15) is 29.0 Å². The number of fused-ring (bicyclic) bond motifs is 2. The smallest absolute Gasteiger partial charge is 0.377 e. The number of carbonyl (C=O) groups is 2. The maximum absolute atomic E-state index is 13.4. The minimum absolute atomic E-state index is 0.0859. The summed E-state index contributed by atoms with van der Waals surface area (Å²) in [4.78, 5) is 36.8. The van der Waals surface area contributed by atoms with E-state index in [2.05, 4.69) is 35.4 Å². The van der Waals surface area contributed by atoms with Crippen molar-refractivity contribution in [2.75, 3.05) is 37.5 Å². The molecule has 3 atom stereocenters. The summed E-state index contributed by atoms with van der Waals surface area (Å²) in [6, 6.07) is 11.8. The molecule has 1 aliphatic carbocycles. The van der Waals surface area contributed by atoms with E-state index < -0.39 is 16.0 Å². The molecule has 1 saturated heterocycles. The number of anilines is 2. The third kappa shape index (κ3) is 4.72. The molecule has 1 aromatic carbocycles. The first-order valence-electron chi connectivity index (χ1n) is 13.1. The highest BCUT2D eigenvalue weighted by Crippen LogP contribution is 2.43. The van der Waals surface area contributed by atoms with E-state index in [1.54, 1.807) is 29.2 Å². The van der Waals surface area contributed by atoms with Crippen LogP contribution in [0.25, 0.3) is 11.0 Å². The Morgan fingerprint density at radius 1 is 1.17 bits per heavy atom. The third-order valence-electron chi connectivity index (χ3n) is 7.99. The fraction of sp³-hybridized carbons (Fsp3) is 0.333. The zero-order valence-corrected chi connectivity index (χ0v) is 24.3. The molecule has 1 aliphatic heterocycles. The molecule has 0 spiro atoms. The molecule has 2 amide bonds. The summed E-state index contributed by atoms with van der Waals surface area (Å²) < 4.78 is 36.4. The van der Waals surface area contributed by atoms with Gasteiger partial charge in [-0.05, 0) is 42.9 Å². The molecule has 1 unspecified atom stereocenters. The number of amides is 2. The Kier molecular flexibility index (Phi) is 7.03. The van der Waals surface area contributed by atoms with Crippen molar-refractivity contribution in [3.63, 3.8) is 0 Å². The Morgan fingerprint density at radius 3 is 2.55 bits per heavy atom. The van der Waals surface area contributed by atoms with Gasteiger partial charge in [0.05, 0.1) is 23.3 Å². The van der Waals surface area contributed by atoms with E-state index in [1.165, 1.54) is 31.6 Å². The van der Waals surface area contributed by atoms with Crippen LogP contribution in [0.15, 0.2) is 53.7 Å². The number of hydrogen-bond donors (Lipinski definition) is 1. The van der Waals surface area contributed by atoms with Crippen LogP contribution < -0.4 is 10.2 Å². The van der Waals surface area contributed by atoms with Gasteiger partial charge >= 0.3 is 12.0 Å². The number of methoxy groups -OCH3 is 1. The van der Waals surface area contributed by atoms with Gasteiger partial charge in [-0.2, -0.15) is 14.6 Å². The van der Waals surface area contributed by atoms with Gasteiger partial charge in [0, 0.05) is 55.5 Å². The molecule has 1 N–H and O–H groups in total. The lowest BCUT2D eigenvalue weighted by Crippen LogP contribution is -2.36. The molecule has 3 aromatic heterocycles. The van der Waals surface area contributed by atoms with E-state index in [9.17, 15) is 23.3 Å². The maximum Gasteiger partial charge on any atom is 0.377 e. The number of nitrogens with one attached hydrogen (secondary N) is 1. The summed E-state index contributed by atoms with van der Waals surface area (Å²) in [7, 11) is -0.722. The minimum Gasteiger partial charge on any atom is -0.463 e. The van der Waals surface area contributed by atoms with Crippen molar-refractivity contribution in [1.29, 1.82) is 5.26 Å². The molecular weight excluding hydrogens is 580 g/mol. The van der Waals surface area contributed by atoms with Crippen molar-refractivity contribution in [2.24, 2.45) is 11.8 Å². The van der Waals surface area contributed by atoms with Crippen LogP contribution in [0.5, 0.6) is 0 Å². The van der Waals surface area contributed by atoms with Gasteiger partial charge in [0.25, 0.3) is 15.8 Å². The number of hydrogen-bond acceptors (Lipinski definition) is 11. The van der Waals surface area contributed by atoms with Crippen molar-refractivity contribution in [1.82, 2.24) is 23.2 Å². The number of likely N-dealkylation sites (tertiary alicyclic amines) is 1.